The fourth-order valence-corrected chi connectivity index (χ4v) is 3.24. The molecule has 2 rings (SSSR count). The van der Waals surface area contributed by atoms with Gasteiger partial charge in [0, 0.05) is 6.54 Å². The van der Waals surface area contributed by atoms with Crippen molar-refractivity contribution >= 4 is 12.1 Å². The maximum Gasteiger partial charge on any atom is 0.411 e. The largest absolute Gasteiger partial charge is 0.480 e. The highest BCUT2D eigenvalue weighted by Crippen LogP contribution is 2.51. The van der Waals surface area contributed by atoms with Gasteiger partial charge in [0.15, 0.2) is 0 Å². The molecule has 0 radical (unpaired) electrons. The van der Waals surface area contributed by atoms with E-state index in [1.165, 1.54) is 11.3 Å². The summed E-state index contributed by atoms with van der Waals surface area (Å²) in [5.74, 6) is -0.661. The number of carboxylic acid groups (broad SMARTS) is 1. The number of carbonyl (C=O) groups excluding carboxylic acids is 1. The summed E-state index contributed by atoms with van der Waals surface area (Å²) in [7, 11) is 0. The van der Waals surface area contributed by atoms with Gasteiger partial charge in [0.1, 0.15) is 11.6 Å². The predicted molar refractivity (Wildman–Crippen MR) is 74.4 cm³/mol. The summed E-state index contributed by atoms with van der Waals surface area (Å²) in [6.07, 6.45) is 3.51. The summed E-state index contributed by atoms with van der Waals surface area (Å²) in [6.45, 7) is 8.09. The first-order valence-corrected chi connectivity index (χ1v) is 7.35. The van der Waals surface area contributed by atoms with Gasteiger partial charge in [-0.05, 0) is 51.4 Å². The Morgan fingerprint density at radius 2 is 1.90 bits per heavy atom. The first-order chi connectivity index (χ1) is 9.12. The van der Waals surface area contributed by atoms with Crippen molar-refractivity contribution in [1.29, 1.82) is 0 Å². The van der Waals surface area contributed by atoms with Crippen LogP contribution in [0, 0.1) is 11.3 Å². The molecule has 1 amide bonds. The molecule has 5 nitrogen and oxygen atoms in total. The molecular formula is C15H25NO4. The van der Waals surface area contributed by atoms with E-state index >= 15 is 0 Å². The van der Waals surface area contributed by atoms with Crippen molar-refractivity contribution in [3.8, 4) is 0 Å². The van der Waals surface area contributed by atoms with Crippen molar-refractivity contribution in [1.82, 2.24) is 4.90 Å². The summed E-state index contributed by atoms with van der Waals surface area (Å²) in [4.78, 5) is 25.0. The minimum atomic E-state index is -0.929. The van der Waals surface area contributed by atoms with E-state index in [2.05, 4.69) is 6.92 Å². The molecule has 0 aromatic rings. The molecule has 1 saturated heterocycles. The van der Waals surface area contributed by atoms with E-state index in [1.807, 2.05) is 0 Å². The topological polar surface area (TPSA) is 66.8 Å². The molecule has 0 aromatic heterocycles. The lowest BCUT2D eigenvalue weighted by molar-refractivity contribution is -0.142. The minimum Gasteiger partial charge on any atom is -0.480 e. The summed E-state index contributed by atoms with van der Waals surface area (Å²) >= 11 is 0. The summed E-state index contributed by atoms with van der Waals surface area (Å²) in [6, 6.07) is -0.743. The maximum atomic E-state index is 12.2. The molecule has 2 fully saturated rings. The molecule has 0 spiro atoms. The lowest BCUT2D eigenvalue weighted by Gasteiger charge is -2.43. The first kappa shape index (κ1) is 15.1. The molecule has 114 valence electrons. The van der Waals surface area contributed by atoms with Crippen LogP contribution in [0.25, 0.3) is 0 Å². The number of hydrogen-bond donors (Lipinski definition) is 1. The van der Waals surface area contributed by atoms with Crippen LogP contribution in [0.5, 0.6) is 0 Å². The Hall–Kier alpha value is -1.26. The average Bonchev–Trinajstić information content (AvgIpc) is 2.68. The number of rotatable bonds is 2. The van der Waals surface area contributed by atoms with Crippen LogP contribution in [0.2, 0.25) is 0 Å². The van der Waals surface area contributed by atoms with Crippen molar-refractivity contribution in [2.24, 2.45) is 11.3 Å². The summed E-state index contributed by atoms with van der Waals surface area (Å²) in [5, 5.41) is 9.36. The van der Waals surface area contributed by atoms with Gasteiger partial charge in [-0.3, -0.25) is 4.90 Å². The van der Waals surface area contributed by atoms with E-state index < -0.39 is 23.7 Å². The number of amides is 1. The molecule has 5 heteroatoms. The van der Waals surface area contributed by atoms with Gasteiger partial charge in [0.25, 0.3) is 0 Å². The van der Waals surface area contributed by atoms with Crippen LogP contribution in [0.1, 0.15) is 53.4 Å². The Kier molecular flexibility index (Phi) is 3.73. The molecule has 1 unspecified atom stereocenters. The Morgan fingerprint density at radius 3 is 2.30 bits per heavy atom. The number of carbonyl (C=O) groups is 2. The first-order valence-electron chi connectivity index (χ1n) is 7.35. The molecule has 2 atom stereocenters. The third-order valence-corrected chi connectivity index (χ3v) is 4.70. The quantitative estimate of drug-likeness (QED) is 0.846. The Morgan fingerprint density at radius 1 is 1.30 bits per heavy atom. The smallest absolute Gasteiger partial charge is 0.411 e. The summed E-state index contributed by atoms with van der Waals surface area (Å²) in [5.41, 5.74) is -0.400. The summed E-state index contributed by atoms with van der Waals surface area (Å²) < 4.78 is 5.34. The van der Waals surface area contributed by atoms with E-state index in [0.29, 0.717) is 13.0 Å². The normalized spacial score (nSPS) is 28.9. The van der Waals surface area contributed by atoms with E-state index in [9.17, 15) is 14.7 Å². The molecule has 1 saturated carbocycles. The van der Waals surface area contributed by atoms with Crippen LogP contribution in [0.4, 0.5) is 4.79 Å². The monoisotopic (exact) mass is 283 g/mol. The minimum absolute atomic E-state index is 0.199. The second-order valence-electron chi connectivity index (χ2n) is 7.43. The van der Waals surface area contributed by atoms with E-state index in [1.54, 1.807) is 20.8 Å². The zero-order valence-electron chi connectivity index (χ0n) is 12.8. The van der Waals surface area contributed by atoms with Crippen molar-refractivity contribution in [2.45, 2.75) is 65.0 Å². The average molecular weight is 283 g/mol. The van der Waals surface area contributed by atoms with Gasteiger partial charge >= 0.3 is 12.1 Å². The highest BCUT2D eigenvalue weighted by atomic mass is 16.6. The molecule has 0 bridgehead atoms. The van der Waals surface area contributed by atoms with Crippen molar-refractivity contribution < 1.29 is 19.4 Å². The number of carboxylic acids is 1. The second kappa shape index (κ2) is 4.93. The lowest BCUT2D eigenvalue weighted by atomic mass is 9.62. The lowest BCUT2D eigenvalue weighted by Crippen LogP contribution is -2.43. The van der Waals surface area contributed by atoms with Gasteiger partial charge in [0.2, 0.25) is 0 Å². The van der Waals surface area contributed by atoms with Crippen molar-refractivity contribution in [2.75, 3.05) is 6.54 Å². The molecule has 1 N–H and O–H groups in total. The third-order valence-electron chi connectivity index (χ3n) is 4.70. The Bertz CT molecular complexity index is 409. The number of hydrogen-bond acceptors (Lipinski definition) is 3. The molecular weight excluding hydrogens is 258 g/mol. The SMILES string of the molecule is CC(C)(C)OC(=O)N1CC(C2(C)CCC2)C[C@H]1C(=O)O. The molecule has 1 aliphatic heterocycles. The Balaban J connectivity index is 2.10. The third kappa shape index (κ3) is 2.91. The fourth-order valence-electron chi connectivity index (χ4n) is 3.24. The maximum absolute atomic E-state index is 12.2. The van der Waals surface area contributed by atoms with E-state index in [4.69, 9.17) is 4.74 Å². The van der Waals surface area contributed by atoms with Crippen LogP contribution in [0.15, 0.2) is 0 Å². The second-order valence-corrected chi connectivity index (χ2v) is 7.43. The van der Waals surface area contributed by atoms with Crippen LogP contribution < -0.4 is 0 Å². The highest BCUT2D eigenvalue weighted by molar-refractivity contribution is 5.81. The highest BCUT2D eigenvalue weighted by Gasteiger charge is 2.49. The van der Waals surface area contributed by atoms with Crippen LogP contribution in [-0.2, 0) is 9.53 Å². The molecule has 0 aromatic carbocycles. The zero-order chi connectivity index (χ0) is 15.1. The molecule has 1 heterocycles. The van der Waals surface area contributed by atoms with Crippen LogP contribution >= 0.6 is 0 Å². The molecule has 20 heavy (non-hydrogen) atoms. The standard InChI is InChI=1S/C15H25NO4/c1-14(2,3)20-13(19)16-9-10(8-11(16)12(17)18)15(4)6-5-7-15/h10-11H,5-9H2,1-4H3,(H,17,18)/t10?,11-/m0/s1. The number of ether oxygens (including phenoxy) is 1. The van der Waals surface area contributed by atoms with Gasteiger partial charge in [-0.25, -0.2) is 9.59 Å². The predicted octanol–water partition coefficient (Wildman–Crippen LogP) is 2.89. The van der Waals surface area contributed by atoms with Gasteiger partial charge in [-0.2, -0.15) is 0 Å². The fraction of sp³-hybridized carbons (Fsp3) is 0.867. The van der Waals surface area contributed by atoms with Gasteiger partial charge in [-0.1, -0.05) is 13.3 Å². The van der Waals surface area contributed by atoms with Crippen LogP contribution in [-0.4, -0.2) is 40.3 Å². The van der Waals surface area contributed by atoms with E-state index in [0.717, 1.165) is 12.8 Å². The number of nitrogens with zero attached hydrogens (tertiary/aromatic N) is 1. The van der Waals surface area contributed by atoms with Crippen molar-refractivity contribution in [3.63, 3.8) is 0 Å². The molecule has 2 aliphatic rings. The van der Waals surface area contributed by atoms with Crippen molar-refractivity contribution in [3.05, 3.63) is 0 Å². The van der Waals surface area contributed by atoms with E-state index in [-0.39, 0.29) is 11.3 Å². The number of likely N-dealkylation sites (tertiary alicyclic amines) is 1. The Labute approximate surface area is 120 Å². The van der Waals surface area contributed by atoms with Gasteiger partial charge in [0.05, 0.1) is 0 Å². The zero-order valence-corrected chi connectivity index (χ0v) is 12.8. The number of aliphatic carboxylic acids is 1. The van der Waals surface area contributed by atoms with Gasteiger partial charge < -0.3 is 9.84 Å². The molecule has 1 aliphatic carbocycles. The van der Waals surface area contributed by atoms with Gasteiger partial charge in [-0.15, -0.1) is 0 Å². The van der Waals surface area contributed by atoms with Crippen LogP contribution in [0.3, 0.4) is 0 Å².